The molecule has 1 aliphatic rings. The Bertz CT molecular complexity index is 659. The number of carbonyl (C=O) groups is 1. The fraction of sp³-hybridized carbons (Fsp3) is 0.400. The second-order valence-electron chi connectivity index (χ2n) is 5.51. The van der Waals surface area contributed by atoms with E-state index >= 15 is 0 Å². The van der Waals surface area contributed by atoms with Crippen molar-refractivity contribution < 1.29 is 9.32 Å². The molecule has 0 aliphatic carbocycles. The summed E-state index contributed by atoms with van der Waals surface area (Å²) in [5, 5.41) is 10.0. The number of carbonyl (C=O) groups excluding carboxylic acids is 1. The Morgan fingerprint density at radius 3 is 2.90 bits per heavy atom. The summed E-state index contributed by atoms with van der Waals surface area (Å²) < 4.78 is 5.20. The molecular formula is C15H18N4O2. The summed E-state index contributed by atoms with van der Waals surface area (Å²) in [6.45, 7) is 4.56. The van der Waals surface area contributed by atoms with Crippen LogP contribution < -0.4 is 10.6 Å². The van der Waals surface area contributed by atoms with Gasteiger partial charge in [-0.2, -0.15) is 4.98 Å². The zero-order valence-corrected chi connectivity index (χ0v) is 12.1. The Morgan fingerprint density at radius 1 is 1.43 bits per heavy atom. The van der Waals surface area contributed by atoms with Crippen molar-refractivity contribution in [2.75, 3.05) is 11.9 Å². The lowest BCUT2D eigenvalue weighted by atomic mass is 9.99. The van der Waals surface area contributed by atoms with E-state index in [4.69, 9.17) is 4.52 Å². The molecule has 0 bridgehead atoms. The van der Waals surface area contributed by atoms with Crippen molar-refractivity contribution in [2.24, 2.45) is 0 Å². The minimum atomic E-state index is -0.516. The molecule has 1 unspecified atom stereocenters. The Balaban J connectivity index is 1.87. The molecule has 6 nitrogen and oxygen atoms in total. The topological polar surface area (TPSA) is 80.0 Å². The van der Waals surface area contributed by atoms with Gasteiger partial charge in [0.05, 0.1) is 16.8 Å². The van der Waals surface area contributed by atoms with Crippen LogP contribution in [0.4, 0.5) is 5.69 Å². The Hall–Kier alpha value is -2.21. The zero-order chi connectivity index (χ0) is 14.9. The van der Waals surface area contributed by atoms with Crippen LogP contribution in [0.25, 0.3) is 11.5 Å². The van der Waals surface area contributed by atoms with E-state index in [0.29, 0.717) is 17.4 Å². The average Bonchev–Trinajstić information content (AvgIpc) is 3.09. The lowest BCUT2D eigenvalue weighted by molar-refractivity contribution is -0.121. The van der Waals surface area contributed by atoms with Crippen LogP contribution in [0, 0.1) is 6.92 Å². The van der Waals surface area contributed by atoms with Crippen molar-refractivity contribution in [3.05, 3.63) is 30.1 Å². The van der Waals surface area contributed by atoms with E-state index in [1.165, 1.54) is 0 Å². The molecule has 0 spiro atoms. The molecule has 3 rings (SSSR count). The summed E-state index contributed by atoms with van der Waals surface area (Å²) in [5.74, 6) is 0.937. The highest BCUT2D eigenvalue weighted by Crippen LogP contribution is 2.28. The first-order valence-electron chi connectivity index (χ1n) is 7.05. The van der Waals surface area contributed by atoms with E-state index < -0.39 is 5.54 Å². The predicted molar refractivity (Wildman–Crippen MR) is 78.7 cm³/mol. The van der Waals surface area contributed by atoms with Gasteiger partial charge in [0.2, 0.25) is 5.91 Å². The average molecular weight is 286 g/mol. The first-order valence-corrected chi connectivity index (χ1v) is 7.05. The smallest absolute Gasteiger partial charge is 0.260 e. The molecular weight excluding hydrogens is 268 g/mol. The third-order valence-corrected chi connectivity index (χ3v) is 3.80. The fourth-order valence-electron chi connectivity index (χ4n) is 2.53. The number of rotatable bonds is 3. The first kappa shape index (κ1) is 13.8. The van der Waals surface area contributed by atoms with Gasteiger partial charge >= 0.3 is 0 Å². The van der Waals surface area contributed by atoms with Crippen LogP contribution in [0.2, 0.25) is 0 Å². The second kappa shape index (κ2) is 5.29. The van der Waals surface area contributed by atoms with Crippen molar-refractivity contribution in [1.82, 2.24) is 15.5 Å². The SMILES string of the molecule is Cc1noc(-c2ccccc2NC(=O)C2(C)CCCN2)n1. The Kier molecular flexibility index (Phi) is 3.47. The van der Waals surface area contributed by atoms with Gasteiger partial charge in [-0.25, -0.2) is 0 Å². The molecule has 2 heterocycles. The lowest BCUT2D eigenvalue weighted by Crippen LogP contribution is -2.48. The second-order valence-corrected chi connectivity index (χ2v) is 5.51. The molecule has 0 saturated carbocycles. The summed E-state index contributed by atoms with van der Waals surface area (Å²) in [4.78, 5) is 16.7. The highest BCUT2D eigenvalue weighted by atomic mass is 16.5. The molecule has 110 valence electrons. The van der Waals surface area contributed by atoms with Gasteiger partial charge in [-0.3, -0.25) is 4.79 Å². The molecule has 1 aromatic carbocycles. The third-order valence-electron chi connectivity index (χ3n) is 3.80. The van der Waals surface area contributed by atoms with Gasteiger partial charge in [-0.1, -0.05) is 17.3 Å². The summed E-state index contributed by atoms with van der Waals surface area (Å²) in [7, 11) is 0. The molecule has 1 saturated heterocycles. The lowest BCUT2D eigenvalue weighted by Gasteiger charge is -2.23. The van der Waals surface area contributed by atoms with Crippen molar-refractivity contribution in [1.29, 1.82) is 0 Å². The van der Waals surface area contributed by atoms with E-state index in [-0.39, 0.29) is 5.91 Å². The van der Waals surface area contributed by atoms with Crippen LogP contribution in [0.5, 0.6) is 0 Å². The number of aromatic nitrogens is 2. The number of nitrogens with one attached hydrogen (secondary N) is 2. The van der Waals surface area contributed by atoms with Crippen LogP contribution in [0.1, 0.15) is 25.6 Å². The third kappa shape index (κ3) is 2.67. The maximum atomic E-state index is 12.5. The van der Waals surface area contributed by atoms with Crippen molar-refractivity contribution >= 4 is 11.6 Å². The molecule has 1 amide bonds. The molecule has 21 heavy (non-hydrogen) atoms. The summed E-state index contributed by atoms with van der Waals surface area (Å²) in [6, 6.07) is 7.44. The van der Waals surface area contributed by atoms with E-state index in [1.807, 2.05) is 31.2 Å². The summed E-state index contributed by atoms with van der Waals surface area (Å²) in [6.07, 6.45) is 1.84. The number of anilines is 1. The normalized spacial score (nSPS) is 21.4. The number of aryl methyl sites for hydroxylation is 1. The van der Waals surface area contributed by atoms with Crippen LogP contribution in [0.15, 0.2) is 28.8 Å². The monoisotopic (exact) mass is 286 g/mol. The molecule has 1 atom stereocenters. The molecule has 1 fully saturated rings. The number of hydrogen-bond acceptors (Lipinski definition) is 5. The minimum Gasteiger partial charge on any atom is -0.334 e. The van der Waals surface area contributed by atoms with Crippen LogP contribution in [-0.2, 0) is 4.79 Å². The van der Waals surface area contributed by atoms with Crippen LogP contribution in [-0.4, -0.2) is 28.1 Å². The van der Waals surface area contributed by atoms with E-state index in [2.05, 4.69) is 20.8 Å². The van der Waals surface area contributed by atoms with E-state index in [1.54, 1.807) is 6.92 Å². The zero-order valence-electron chi connectivity index (χ0n) is 12.1. The highest BCUT2D eigenvalue weighted by Gasteiger charge is 2.36. The number of hydrogen-bond donors (Lipinski definition) is 2. The van der Waals surface area contributed by atoms with Crippen molar-refractivity contribution in [3.63, 3.8) is 0 Å². The van der Waals surface area contributed by atoms with Crippen molar-refractivity contribution in [2.45, 2.75) is 32.2 Å². The van der Waals surface area contributed by atoms with Crippen LogP contribution in [0.3, 0.4) is 0 Å². The highest BCUT2D eigenvalue weighted by molar-refractivity contribution is 6.00. The maximum Gasteiger partial charge on any atom is 0.260 e. The Labute approximate surface area is 122 Å². The van der Waals surface area contributed by atoms with Crippen LogP contribution >= 0.6 is 0 Å². The van der Waals surface area contributed by atoms with Gasteiger partial charge in [0.15, 0.2) is 5.82 Å². The molecule has 0 radical (unpaired) electrons. The van der Waals surface area contributed by atoms with Gasteiger partial charge in [0, 0.05) is 0 Å². The molecule has 1 aromatic heterocycles. The van der Waals surface area contributed by atoms with Gasteiger partial charge in [0.25, 0.3) is 5.89 Å². The standard InChI is InChI=1S/C15H18N4O2/c1-10-17-13(21-19-10)11-6-3-4-7-12(11)18-14(20)15(2)8-5-9-16-15/h3-4,6-7,16H,5,8-9H2,1-2H3,(H,18,20). The first-order chi connectivity index (χ1) is 10.1. The number of benzene rings is 1. The quantitative estimate of drug-likeness (QED) is 0.903. The van der Waals surface area contributed by atoms with Gasteiger partial charge in [0.1, 0.15) is 0 Å². The minimum absolute atomic E-state index is 0.0383. The molecule has 2 N–H and O–H groups in total. The Morgan fingerprint density at radius 2 is 2.24 bits per heavy atom. The number of para-hydroxylation sites is 1. The summed E-state index contributed by atoms with van der Waals surface area (Å²) in [5.41, 5.74) is 0.895. The van der Waals surface area contributed by atoms with Crippen molar-refractivity contribution in [3.8, 4) is 11.5 Å². The largest absolute Gasteiger partial charge is 0.334 e. The van der Waals surface area contributed by atoms with E-state index in [0.717, 1.165) is 24.9 Å². The predicted octanol–water partition coefficient (Wildman–Crippen LogP) is 2.13. The van der Waals surface area contributed by atoms with E-state index in [9.17, 15) is 4.79 Å². The fourth-order valence-corrected chi connectivity index (χ4v) is 2.53. The van der Waals surface area contributed by atoms with Gasteiger partial charge < -0.3 is 15.2 Å². The molecule has 2 aromatic rings. The van der Waals surface area contributed by atoms with Gasteiger partial charge in [-0.05, 0) is 45.4 Å². The molecule has 1 aliphatic heterocycles. The summed E-state index contributed by atoms with van der Waals surface area (Å²) >= 11 is 0. The maximum absolute atomic E-state index is 12.5. The number of amides is 1. The number of nitrogens with zero attached hydrogens (tertiary/aromatic N) is 2. The molecule has 6 heteroatoms. The van der Waals surface area contributed by atoms with Gasteiger partial charge in [-0.15, -0.1) is 0 Å².